The summed E-state index contributed by atoms with van der Waals surface area (Å²) >= 11 is 0. The van der Waals surface area contributed by atoms with Gasteiger partial charge in [-0.15, -0.1) is 0 Å². The molecule has 2 atom stereocenters. The Hall–Kier alpha value is -1.11. The molecule has 0 aromatic heterocycles. The van der Waals surface area contributed by atoms with Crippen molar-refractivity contribution in [1.29, 1.82) is 0 Å². The molecule has 0 bridgehead atoms. The zero-order chi connectivity index (χ0) is 15.6. The van der Waals surface area contributed by atoms with E-state index in [1.165, 1.54) is 7.11 Å². The van der Waals surface area contributed by atoms with Gasteiger partial charge in [0.2, 0.25) is 10.0 Å². The second kappa shape index (κ2) is 6.34. The van der Waals surface area contributed by atoms with Crippen molar-refractivity contribution in [2.75, 3.05) is 20.2 Å². The van der Waals surface area contributed by atoms with Gasteiger partial charge in [0.25, 0.3) is 0 Å². The molecule has 0 spiro atoms. The van der Waals surface area contributed by atoms with Gasteiger partial charge in [-0.05, 0) is 50.3 Å². The number of hydrogen-bond donors (Lipinski definition) is 1. The van der Waals surface area contributed by atoms with Gasteiger partial charge in [0.15, 0.2) is 0 Å². The number of methoxy groups -OCH3 is 1. The van der Waals surface area contributed by atoms with E-state index in [4.69, 9.17) is 10.5 Å². The molecule has 5 nitrogen and oxygen atoms in total. The molecule has 1 aliphatic heterocycles. The van der Waals surface area contributed by atoms with Crippen molar-refractivity contribution in [2.24, 2.45) is 11.7 Å². The van der Waals surface area contributed by atoms with Crippen LogP contribution in [0.2, 0.25) is 0 Å². The van der Waals surface area contributed by atoms with E-state index in [9.17, 15) is 8.42 Å². The first-order valence-corrected chi connectivity index (χ1v) is 8.70. The molecule has 0 amide bonds. The normalized spacial score (nSPS) is 22.0. The molecule has 2 N–H and O–H groups in total. The molecule has 1 aromatic rings. The number of sulfonamides is 1. The van der Waals surface area contributed by atoms with Gasteiger partial charge in [-0.1, -0.05) is 6.07 Å². The summed E-state index contributed by atoms with van der Waals surface area (Å²) in [6, 6.07) is 5.22. The molecule has 6 heteroatoms. The number of rotatable bonds is 4. The Morgan fingerprint density at radius 1 is 1.43 bits per heavy atom. The number of hydrogen-bond acceptors (Lipinski definition) is 4. The highest BCUT2D eigenvalue weighted by Gasteiger charge is 2.33. The summed E-state index contributed by atoms with van der Waals surface area (Å²) in [6.45, 7) is 4.84. The van der Waals surface area contributed by atoms with Crippen molar-refractivity contribution < 1.29 is 13.2 Å². The van der Waals surface area contributed by atoms with Crippen LogP contribution in [0.1, 0.15) is 25.3 Å². The lowest BCUT2D eigenvalue weighted by Crippen LogP contribution is -2.45. The van der Waals surface area contributed by atoms with Crippen molar-refractivity contribution in [3.05, 3.63) is 23.8 Å². The average molecular weight is 312 g/mol. The maximum Gasteiger partial charge on any atom is 0.246 e. The van der Waals surface area contributed by atoms with Crippen molar-refractivity contribution in [3.8, 4) is 5.75 Å². The Labute approximate surface area is 127 Å². The molecule has 21 heavy (non-hydrogen) atoms. The van der Waals surface area contributed by atoms with E-state index in [-0.39, 0.29) is 16.9 Å². The van der Waals surface area contributed by atoms with E-state index in [1.54, 1.807) is 16.4 Å². The van der Waals surface area contributed by atoms with Gasteiger partial charge in [0, 0.05) is 19.1 Å². The SMILES string of the molecule is COc1ccc(C)cc1S(=O)(=O)N1CCC[C@H]([C@H](C)N)C1. The molecular formula is C15H24N2O3S. The van der Waals surface area contributed by atoms with Gasteiger partial charge < -0.3 is 10.5 Å². The summed E-state index contributed by atoms with van der Waals surface area (Å²) in [6.07, 6.45) is 1.83. The third kappa shape index (κ3) is 3.39. The van der Waals surface area contributed by atoms with E-state index in [1.807, 2.05) is 19.9 Å². The minimum atomic E-state index is -3.54. The van der Waals surface area contributed by atoms with Gasteiger partial charge in [0.1, 0.15) is 10.6 Å². The molecule has 118 valence electrons. The van der Waals surface area contributed by atoms with E-state index in [0.29, 0.717) is 18.8 Å². The Balaban J connectivity index is 2.35. The van der Waals surface area contributed by atoms with Crippen molar-refractivity contribution >= 4 is 10.0 Å². The maximum absolute atomic E-state index is 12.9. The lowest BCUT2D eigenvalue weighted by molar-refractivity contribution is 0.242. The highest BCUT2D eigenvalue weighted by molar-refractivity contribution is 7.89. The molecule has 1 aromatic carbocycles. The van der Waals surface area contributed by atoms with Gasteiger partial charge in [-0.3, -0.25) is 0 Å². The largest absolute Gasteiger partial charge is 0.495 e. The second-order valence-corrected chi connectivity index (χ2v) is 7.69. The molecule has 1 aliphatic rings. The number of piperidine rings is 1. The summed E-state index contributed by atoms with van der Waals surface area (Å²) in [5.74, 6) is 0.604. The van der Waals surface area contributed by atoms with Crippen LogP contribution in [-0.4, -0.2) is 39.0 Å². The number of nitrogens with two attached hydrogens (primary N) is 1. The summed E-state index contributed by atoms with van der Waals surface area (Å²) in [4.78, 5) is 0.246. The van der Waals surface area contributed by atoms with Crippen LogP contribution in [0, 0.1) is 12.8 Å². The zero-order valence-corrected chi connectivity index (χ0v) is 13.7. The second-order valence-electron chi connectivity index (χ2n) is 5.78. The fraction of sp³-hybridized carbons (Fsp3) is 0.600. The molecule has 1 fully saturated rings. The average Bonchev–Trinajstić information content (AvgIpc) is 2.47. The zero-order valence-electron chi connectivity index (χ0n) is 12.9. The van der Waals surface area contributed by atoms with E-state index in [2.05, 4.69) is 0 Å². The van der Waals surface area contributed by atoms with Crippen LogP contribution in [0.25, 0.3) is 0 Å². The summed E-state index contributed by atoms with van der Waals surface area (Å²) in [5, 5.41) is 0. The van der Waals surface area contributed by atoms with Gasteiger partial charge in [0.05, 0.1) is 7.11 Å². The molecular weight excluding hydrogens is 288 g/mol. The van der Waals surface area contributed by atoms with E-state index >= 15 is 0 Å². The summed E-state index contributed by atoms with van der Waals surface area (Å²) in [5.41, 5.74) is 6.84. The number of benzene rings is 1. The molecule has 0 aliphatic carbocycles. The van der Waals surface area contributed by atoms with E-state index < -0.39 is 10.0 Å². The minimum Gasteiger partial charge on any atom is -0.495 e. The Bertz CT molecular complexity index is 599. The van der Waals surface area contributed by atoms with Crippen LogP contribution in [0.3, 0.4) is 0 Å². The summed E-state index contributed by atoms with van der Waals surface area (Å²) < 4.78 is 32.5. The molecule has 2 rings (SSSR count). The summed E-state index contributed by atoms with van der Waals surface area (Å²) in [7, 11) is -2.05. The Morgan fingerprint density at radius 2 is 2.14 bits per heavy atom. The minimum absolute atomic E-state index is 0.00223. The predicted octanol–water partition coefficient (Wildman–Crippen LogP) is 1.75. The smallest absolute Gasteiger partial charge is 0.246 e. The van der Waals surface area contributed by atoms with Crippen molar-refractivity contribution in [3.63, 3.8) is 0 Å². The standard InChI is InChI=1S/C15H24N2O3S/c1-11-6-7-14(20-3)15(9-11)21(18,19)17-8-4-5-13(10-17)12(2)16/h6-7,9,12-13H,4-5,8,10,16H2,1-3H3/t12-,13-/m0/s1. The highest BCUT2D eigenvalue weighted by atomic mass is 32.2. The first kappa shape index (κ1) is 16.3. The van der Waals surface area contributed by atoms with Gasteiger partial charge in [-0.25, -0.2) is 8.42 Å². The topological polar surface area (TPSA) is 72.6 Å². The number of ether oxygens (including phenoxy) is 1. The van der Waals surface area contributed by atoms with Gasteiger partial charge >= 0.3 is 0 Å². The number of aryl methyl sites for hydroxylation is 1. The van der Waals surface area contributed by atoms with Crippen LogP contribution in [-0.2, 0) is 10.0 Å². The quantitative estimate of drug-likeness (QED) is 0.919. The Morgan fingerprint density at radius 3 is 2.76 bits per heavy atom. The maximum atomic E-state index is 12.9. The van der Waals surface area contributed by atoms with Crippen molar-refractivity contribution in [1.82, 2.24) is 4.31 Å². The fourth-order valence-corrected chi connectivity index (χ4v) is 4.52. The lowest BCUT2D eigenvalue weighted by Gasteiger charge is -2.34. The van der Waals surface area contributed by atoms with E-state index in [0.717, 1.165) is 18.4 Å². The molecule has 0 saturated carbocycles. The molecule has 0 unspecified atom stereocenters. The first-order chi connectivity index (χ1) is 9.86. The first-order valence-electron chi connectivity index (χ1n) is 7.26. The monoisotopic (exact) mass is 312 g/mol. The van der Waals surface area contributed by atoms with Crippen LogP contribution >= 0.6 is 0 Å². The van der Waals surface area contributed by atoms with Crippen LogP contribution < -0.4 is 10.5 Å². The van der Waals surface area contributed by atoms with Gasteiger partial charge in [-0.2, -0.15) is 4.31 Å². The fourth-order valence-electron chi connectivity index (χ4n) is 2.75. The van der Waals surface area contributed by atoms with Crippen LogP contribution in [0.5, 0.6) is 5.75 Å². The van der Waals surface area contributed by atoms with Crippen molar-refractivity contribution in [2.45, 2.75) is 37.6 Å². The number of nitrogens with zero attached hydrogens (tertiary/aromatic N) is 1. The van der Waals surface area contributed by atoms with Crippen LogP contribution in [0.15, 0.2) is 23.1 Å². The highest BCUT2D eigenvalue weighted by Crippen LogP contribution is 2.30. The van der Waals surface area contributed by atoms with Crippen LogP contribution in [0.4, 0.5) is 0 Å². The lowest BCUT2D eigenvalue weighted by atomic mass is 9.93. The predicted molar refractivity (Wildman–Crippen MR) is 82.9 cm³/mol. The Kier molecular flexibility index (Phi) is 4.91. The third-order valence-electron chi connectivity index (χ3n) is 4.10. The molecule has 0 radical (unpaired) electrons. The third-order valence-corrected chi connectivity index (χ3v) is 5.99. The molecule has 1 heterocycles. The molecule has 1 saturated heterocycles.